The molecule has 0 fully saturated rings. The van der Waals surface area contributed by atoms with Crippen LogP contribution in [0.4, 0.5) is 5.69 Å². The highest BCUT2D eigenvalue weighted by Gasteiger charge is 2.13. The normalized spacial score (nSPS) is 10.7. The molecule has 6 heteroatoms. The first kappa shape index (κ1) is 19.2. The van der Waals surface area contributed by atoms with Crippen molar-refractivity contribution in [3.8, 4) is 11.5 Å². The van der Waals surface area contributed by atoms with Gasteiger partial charge in [0.25, 0.3) is 5.69 Å². The monoisotopic (exact) mass is 355 g/mol. The van der Waals surface area contributed by atoms with Gasteiger partial charge in [-0.25, -0.2) is 0 Å². The van der Waals surface area contributed by atoms with Crippen LogP contribution in [0.25, 0.3) is 6.08 Å². The zero-order valence-electron chi connectivity index (χ0n) is 15.0. The van der Waals surface area contributed by atoms with Gasteiger partial charge in [0.1, 0.15) is 0 Å². The minimum Gasteiger partial charge on any atom is -0.493 e. The Kier molecular flexibility index (Phi) is 6.49. The number of nitrogens with zero attached hydrogens (tertiary/aromatic N) is 1. The lowest BCUT2D eigenvalue weighted by molar-refractivity contribution is -0.385. The molecule has 0 radical (unpaired) electrons. The van der Waals surface area contributed by atoms with Crippen molar-refractivity contribution < 1.29 is 19.2 Å². The Hall–Kier alpha value is -3.15. The Morgan fingerprint density at radius 1 is 1.19 bits per heavy atom. The number of aryl methyl sites for hydroxylation is 1. The number of benzene rings is 2. The second kappa shape index (κ2) is 8.80. The summed E-state index contributed by atoms with van der Waals surface area (Å²) in [5, 5.41) is 11.0. The fourth-order valence-corrected chi connectivity index (χ4v) is 2.35. The standard InChI is InChI=1S/C20H21NO5/c1-4-11-26-19-10-7-15(12-20(19)25-3)6-9-18(22)16-8-5-14(2)17(13-16)21(23)24/h5-10,12-13H,4,11H2,1-3H3/b9-6+. The van der Waals surface area contributed by atoms with E-state index in [9.17, 15) is 14.9 Å². The van der Waals surface area contributed by atoms with E-state index in [2.05, 4.69) is 0 Å². The van der Waals surface area contributed by atoms with Crippen LogP contribution in [0.15, 0.2) is 42.5 Å². The third-order valence-corrected chi connectivity index (χ3v) is 3.77. The zero-order valence-corrected chi connectivity index (χ0v) is 15.0. The van der Waals surface area contributed by atoms with E-state index in [1.807, 2.05) is 13.0 Å². The van der Waals surface area contributed by atoms with Gasteiger partial charge < -0.3 is 9.47 Å². The van der Waals surface area contributed by atoms with E-state index in [1.54, 1.807) is 44.4 Å². The van der Waals surface area contributed by atoms with E-state index < -0.39 is 4.92 Å². The van der Waals surface area contributed by atoms with E-state index in [0.29, 0.717) is 23.7 Å². The molecule has 136 valence electrons. The largest absolute Gasteiger partial charge is 0.493 e. The van der Waals surface area contributed by atoms with Gasteiger partial charge in [0.15, 0.2) is 17.3 Å². The molecule has 0 saturated carbocycles. The first-order valence-corrected chi connectivity index (χ1v) is 8.24. The van der Waals surface area contributed by atoms with Crippen molar-refractivity contribution in [2.75, 3.05) is 13.7 Å². The smallest absolute Gasteiger partial charge is 0.273 e. The van der Waals surface area contributed by atoms with E-state index in [0.717, 1.165) is 12.0 Å². The highest BCUT2D eigenvalue weighted by Crippen LogP contribution is 2.29. The van der Waals surface area contributed by atoms with E-state index in [1.165, 1.54) is 12.1 Å². The molecule has 26 heavy (non-hydrogen) atoms. The predicted molar refractivity (Wildman–Crippen MR) is 100.0 cm³/mol. The molecule has 0 aliphatic rings. The summed E-state index contributed by atoms with van der Waals surface area (Å²) in [5.74, 6) is 0.921. The van der Waals surface area contributed by atoms with Crippen molar-refractivity contribution in [3.05, 3.63) is 69.3 Å². The van der Waals surface area contributed by atoms with Gasteiger partial charge in [-0.15, -0.1) is 0 Å². The van der Waals surface area contributed by atoms with Gasteiger partial charge in [-0.3, -0.25) is 14.9 Å². The van der Waals surface area contributed by atoms with Gasteiger partial charge in [-0.05, 0) is 37.1 Å². The van der Waals surface area contributed by atoms with Gasteiger partial charge in [0.05, 0.1) is 18.6 Å². The zero-order chi connectivity index (χ0) is 19.1. The number of carbonyl (C=O) groups is 1. The van der Waals surface area contributed by atoms with Crippen molar-refractivity contribution in [2.45, 2.75) is 20.3 Å². The summed E-state index contributed by atoms with van der Waals surface area (Å²) in [6, 6.07) is 9.82. The van der Waals surface area contributed by atoms with Crippen LogP contribution in [0, 0.1) is 17.0 Å². The molecular weight excluding hydrogens is 334 g/mol. The van der Waals surface area contributed by atoms with Crippen LogP contribution in [0.1, 0.15) is 34.8 Å². The summed E-state index contributed by atoms with van der Waals surface area (Å²) in [7, 11) is 1.55. The summed E-state index contributed by atoms with van der Waals surface area (Å²) in [6.07, 6.45) is 3.91. The molecule has 0 aliphatic heterocycles. The lowest BCUT2D eigenvalue weighted by Crippen LogP contribution is -1.99. The topological polar surface area (TPSA) is 78.7 Å². The predicted octanol–water partition coefficient (Wildman–Crippen LogP) is 4.60. The van der Waals surface area contributed by atoms with Crippen LogP contribution in [0.3, 0.4) is 0 Å². The lowest BCUT2D eigenvalue weighted by Gasteiger charge is -2.10. The van der Waals surface area contributed by atoms with Crippen LogP contribution in [-0.2, 0) is 0 Å². The SMILES string of the molecule is CCCOc1ccc(/C=C/C(=O)c2ccc(C)c([N+](=O)[O-])c2)cc1OC. The molecule has 2 rings (SSSR count). The number of ketones is 1. The first-order chi connectivity index (χ1) is 12.5. The van der Waals surface area contributed by atoms with Gasteiger partial charge in [0.2, 0.25) is 0 Å². The molecule has 0 spiro atoms. The minimum atomic E-state index is -0.490. The summed E-state index contributed by atoms with van der Waals surface area (Å²) in [5.41, 5.74) is 1.49. The maximum Gasteiger partial charge on any atom is 0.273 e. The van der Waals surface area contributed by atoms with Crippen LogP contribution >= 0.6 is 0 Å². The first-order valence-electron chi connectivity index (χ1n) is 8.24. The second-order valence-electron chi connectivity index (χ2n) is 5.71. The van der Waals surface area contributed by atoms with E-state index in [4.69, 9.17) is 9.47 Å². The molecular formula is C20H21NO5. The average Bonchev–Trinajstić information content (AvgIpc) is 2.64. The molecule has 0 amide bonds. The molecule has 0 unspecified atom stereocenters. The van der Waals surface area contributed by atoms with Gasteiger partial charge in [-0.2, -0.15) is 0 Å². The van der Waals surface area contributed by atoms with Gasteiger partial charge in [0, 0.05) is 17.2 Å². The molecule has 2 aromatic rings. The lowest BCUT2D eigenvalue weighted by atomic mass is 10.1. The Balaban J connectivity index is 2.20. The van der Waals surface area contributed by atoms with E-state index in [-0.39, 0.29) is 17.0 Å². The summed E-state index contributed by atoms with van der Waals surface area (Å²) < 4.78 is 10.9. The molecule has 0 atom stereocenters. The van der Waals surface area contributed by atoms with Crippen molar-refractivity contribution in [3.63, 3.8) is 0 Å². The number of rotatable bonds is 8. The molecule has 0 bridgehead atoms. The van der Waals surface area contributed by atoms with Crippen LogP contribution in [0.5, 0.6) is 11.5 Å². The molecule has 2 aromatic carbocycles. The molecule has 0 saturated heterocycles. The number of ether oxygens (including phenoxy) is 2. The number of carbonyl (C=O) groups excluding carboxylic acids is 1. The molecule has 0 aromatic heterocycles. The maximum atomic E-state index is 12.3. The highest BCUT2D eigenvalue weighted by atomic mass is 16.6. The number of nitro benzene ring substituents is 1. The Bertz CT molecular complexity index is 842. The molecule has 0 N–H and O–H groups in total. The van der Waals surface area contributed by atoms with E-state index >= 15 is 0 Å². The van der Waals surface area contributed by atoms with Crippen molar-refractivity contribution >= 4 is 17.5 Å². The number of methoxy groups -OCH3 is 1. The maximum absolute atomic E-state index is 12.3. The number of hydrogen-bond acceptors (Lipinski definition) is 5. The Labute approximate surface area is 152 Å². The summed E-state index contributed by atoms with van der Waals surface area (Å²) in [4.78, 5) is 22.8. The minimum absolute atomic E-state index is 0.0663. The van der Waals surface area contributed by atoms with Crippen molar-refractivity contribution in [2.24, 2.45) is 0 Å². The molecule has 0 aliphatic carbocycles. The fraction of sp³-hybridized carbons (Fsp3) is 0.250. The number of nitro groups is 1. The van der Waals surface area contributed by atoms with Crippen molar-refractivity contribution in [1.29, 1.82) is 0 Å². The second-order valence-corrected chi connectivity index (χ2v) is 5.71. The number of hydrogen-bond donors (Lipinski definition) is 0. The average molecular weight is 355 g/mol. The summed E-state index contributed by atoms with van der Waals surface area (Å²) >= 11 is 0. The Morgan fingerprint density at radius 3 is 2.62 bits per heavy atom. The molecule has 0 heterocycles. The fourth-order valence-electron chi connectivity index (χ4n) is 2.35. The number of allylic oxidation sites excluding steroid dienone is 1. The highest BCUT2D eigenvalue weighted by molar-refractivity contribution is 6.07. The Morgan fingerprint density at radius 2 is 1.96 bits per heavy atom. The molecule has 6 nitrogen and oxygen atoms in total. The van der Waals surface area contributed by atoms with Gasteiger partial charge in [-0.1, -0.05) is 31.2 Å². The quantitative estimate of drug-likeness (QED) is 0.299. The third kappa shape index (κ3) is 4.69. The third-order valence-electron chi connectivity index (χ3n) is 3.77. The van der Waals surface area contributed by atoms with Crippen LogP contribution in [-0.4, -0.2) is 24.4 Å². The van der Waals surface area contributed by atoms with Gasteiger partial charge >= 0.3 is 0 Å². The van der Waals surface area contributed by atoms with Crippen LogP contribution in [0.2, 0.25) is 0 Å². The van der Waals surface area contributed by atoms with Crippen LogP contribution < -0.4 is 9.47 Å². The van der Waals surface area contributed by atoms with Crippen molar-refractivity contribution in [1.82, 2.24) is 0 Å². The summed E-state index contributed by atoms with van der Waals surface area (Å²) in [6.45, 7) is 4.25.